The molecule has 2 aromatic rings. The topological polar surface area (TPSA) is 57.8 Å². The van der Waals surface area contributed by atoms with E-state index in [1.807, 2.05) is 10.6 Å². The lowest BCUT2D eigenvalue weighted by Gasteiger charge is -2.28. The molecule has 1 atom stereocenters. The highest BCUT2D eigenvalue weighted by Gasteiger charge is 2.21. The Labute approximate surface area is 111 Å². The van der Waals surface area contributed by atoms with Crippen molar-refractivity contribution in [3.63, 3.8) is 0 Å². The van der Waals surface area contributed by atoms with E-state index >= 15 is 0 Å². The number of rotatable bonds is 2. The van der Waals surface area contributed by atoms with Crippen molar-refractivity contribution in [2.24, 2.45) is 0 Å². The summed E-state index contributed by atoms with van der Waals surface area (Å²) >= 11 is 0. The normalized spacial score (nSPS) is 20.8. The lowest BCUT2D eigenvalue weighted by atomic mass is 9.96. The molecule has 19 heavy (non-hydrogen) atoms. The van der Waals surface area contributed by atoms with Gasteiger partial charge in [-0.15, -0.1) is 0 Å². The standard InChI is InChI=1S/C14H17N3O2/c1-16-6-2-3-10(7-16)12-9-17-8-11(14(18)19)4-5-13(17)15-12/h4-5,8-10H,2-3,6-7H2,1H3,(H,18,19). The fraction of sp³-hybridized carbons (Fsp3) is 0.429. The molecule has 3 heterocycles. The van der Waals surface area contributed by atoms with Crippen LogP contribution >= 0.6 is 0 Å². The number of fused-ring (bicyclic) bond motifs is 1. The van der Waals surface area contributed by atoms with E-state index in [4.69, 9.17) is 5.11 Å². The lowest BCUT2D eigenvalue weighted by molar-refractivity contribution is 0.0696. The monoisotopic (exact) mass is 259 g/mol. The molecule has 1 saturated heterocycles. The summed E-state index contributed by atoms with van der Waals surface area (Å²) in [7, 11) is 2.13. The number of carbonyl (C=O) groups is 1. The van der Waals surface area contributed by atoms with Gasteiger partial charge < -0.3 is 14.4 Å². The SMILES string of the molecule is CN1CCCC(c2cn3cc(C(=O)O)ccc3n2)C1. The minimum Gasteiger partial charge on any atom is -0.478 e. The third-order valence-corrected chi connectivity index (χ3v) is 3.76. The number of hydrogen-bond acceptors (Lipinski definition) is 3. The van der Waals surface area contributed by atoms with Crippen molar-refractivity contribution in [2.75, 3.05) is 20.1 Å². The zero-order chi connectivity index (χ0) is 13.4. The van der Waals surface area contributed by atoms with Crippen LogP contribution in [0.1, 0.15) is 34.8 Å². The van der Waals surface area contributed by atoms with Gasteiger partial charge in [0, 0.05) is 24.9 Å². The van der Waals surface area contributed by atoms with Crippen molar-refractivity contribution in [1.29, 1.82) is 0 Å². The fourth-order valence-corrected chi connectivity index (χ4v) is 2.74. The minimum atomic E-state index is -0.908. The highest BCUT2D eigenvalue weighted by Crippen LogP contribution is 2.25. The van der Waals surface area contributed by atoms with Gasteiger partial charge in [-0.2, -0.15) is 0 Å². The molecule has 3 rings (SSSR count). The van der Waals surface area contributed by atoms with Gasteiger partial charge in [0.1, 0.15) is 5.65 Å². The van der Waals surface area contributed by atoms with Gasteiger partial charge in [-0.05, 0) is 38.6 Å². The van der Waals surface area contributed by atoms with Crippen molar-refractivity contribution < 1.29 is 9.90 Å². The first-order valence-corrected chi connectivity index (χ1v) is 6.54. The van der Waals surface area contributed by atoms with E-state index in [9.17, 15) is 4.79 Å². The van der Waals surface area contributed by atoms with Crippen LogP contribution in [0.25, 0.3) is 5.65 Å². The first-order chi connectivity index (χ1) is 9.13. The molecule has 1 aliphatic rings. The van der Waals surface area contributed by atoms with E-state index in [0.29, 0.717) is 5.92 Å². The van der Waals surface area contributed by atoms with E-state index in [2.05, 4.69) is 16.9 Å². The number of pyridine rings is 1. The largest absolute Gasteiger partial charge is 0.478 e. The number of aromatic carboxylic acids is 1. The van der Waals surface area contributed by atoms with Crippen LogP contribution in [-0.2, 0) is 0 Å². The second-order valence-electron chi connectivity index (χ2n) is 5.26. The maximum Gasteiger partial charge on any atom is 0.337 e. The Morgan fingerprint density at radius 3 is 3.00 bits per heavy atom. The summed E-state index contributed by atoms with van der Waals surface area (Å²) in [6.45, 7) is 2.17. The van der Waals surface area contributed by atoms with Crippen LogP contribution in [0.3, 0.4) is 0 Å². The van der Waals surface area contributed by atoms with Gasteiger partial charge in [-0.3, -0.25) is 0 Å². The average molecular weight is 259 g/mol. The summed E-state index contributed by atoms with van der Waals surface area (Å²) in [5, 5.41) is 8.99. The van der Waals surface area contributed by atoms with Crippen molar-refractivity contribution in [3.8, 4) is 0 Å². The molecule has 0 radical (unpaired) electrons. The number of likely N-dealkylation sites (N-methyl/N-ethyl adjacent to an activating group) is 1. The molecule has 0 aromatic carbocycles. The molecule has 0 spiro atoms. The predicted octanol–water partition coefficient (Wildman–Crippen LogP) is 1.84. The summed E-state index contributed by atoms with van der Waals surface area (Å²) in [5.41, 5.74) is 2.17. The average Bonchev–Trinajstić information content (AvgIpc) is 2.81. The molecule has 2 aromatic heterocycles. The third kappa shape index (κ3) is 2.33. The minimum absolute atomic E-state index is 0.289. The highest BCUT2D eigenvalue weighted by molar-refractivity contribution is 5.87. The molecular formula is C14H17N3O2. The Morgan fingerprint density at radius 1 is 1.42 bits per heavy atom. The first-order valence-electron chi connectivity index (χ1n) is 6.54. The smallest absolute Gasteiger partial charge is 0.337 e. The van der Waals surface area contributed by atoms with Gasteiger partial charge in [0.05, 0.1) is 11.3 Å². The zero-order valence-corrected chi connectivity index (χ0v) is 10.9. The maximum absolute atomic E-state index is 11.0. The Morgan fingerprint density at radius 2 is 2.26 bits per heavy atom. The van der Waals surface area contributed by atoms with Gasteiger partial charge in [0.15, 0.2) is 0 Å². The molecule has 5 nitrogen and oxygen atoms in total. The fourth-order valence-electron chi connectivity index (χ4n) is 2.74. The number of piperidine rings is 1. The van der Waals surface area contributed by atoms with Gasteiger partial charge >= 0.3 is 5.97 Å². The number of likely N-dealkylation sites (tertiary alicyclic amines) is 1. The van der Waals surface area contributed by atoms with Crippen LogP contribution < -0.4 is 0 Å². The molecule has 100 valence electrons. The molecular weight excluding hydrogens is 242 g/mol. The Balaban J connectivity index is 1.94. The highest BCUT2D eigenvalue weighted by atomic mass is 16.4. The second kappa shape index (κ2) is 4.66. The summed E-state index contributed by atoms with van der Waals surface area (Å²) in [5.74, 6) is -0.457. The number of carboxylic acid groups (broad SMARTS) is 1. The predicted molar refractivity (Wildman–Crippen MR) is 71.6 cm³/mol. The Kier molecular flexibility index (Phi) is 2.98. The molecule has 0 aliphatic carbocycles. The van der Waals surface area contributed by atoms with Crippen molar-refractivity contribution in [2.45, 2.75) is 18.8 Å². The number of aromatic nitrogens is 2. The van der Waals surface area contributed by atoms with Crippen molar-refractivity contribution in [3.05, 3.63) is 35.8 Å². The number of carboxylic acids is 1. The molecule has 1 N–H and O–H groups in total. The summed E-state index contributed by atoms with van der Waals surface area (Å²) < 4.78 is 1.81. The van der Waals surface area contributed by atoms with Gasteiger partial charge in [0.25, 0.3) is 0 Å². The van der Waals surface area contributed by atoms with Crippen molar-refractivity contribution >= 4 is 11.6 Å². The first kappa shape index (κ1) is 12.2. The molecule has 1 aliphatic heterocycles. The summed E-state index contributed by atoms with van der Waals surface area (Å²) in [6.07, 6.45) is 5.93. The number of nitrogens with zero attached hydrogens (tertiary/aromatic N) is 3. The van der Waals surface area contributed by atoms with Gasteiger partial charge in [-0.25, -0.2) is 9.78 Å². The van der Waals surface area contributed by atoms with E-state index < -0.39 is 5.97 Å². The van der Waals surface area contributed by atoms with Gasteiger partial charge in [-0.1, -0.05) is 0 Å². The summed E-state index contributed by atoms with van der Waals surface area (Å²) in [6, 6.07) is 3.36. The quantitative estimate of drug-likeness (QED) is 0.894. The Hall–Kier alpha value is -1.88. The van der Waals surface area contributed by atoms with Crippen LogP contribution in [0.5, 0.6) is 0 Å². The zero-order valence-electron chi connectivity index (χ0n) is 10.9. The second-order valence-corrected chi connectivity index (χ2v) is 5.26. The van der Waals surface area contributed by atoms with Crippen LogP contribution in [0.15, 0.2) is 24.5 Å². The van der Waals surface area contributed by atoms with Crippen LogP contribution in [0.2, 0.25) is 0 Å². The molecule has 0 bridgehead atoms. The molecule has 1 unspecified atom stereocenters. The van der Waals surface area contributed by atoms with Crippen molar-refractivity contribution in [1.82, 2.24) is 14.3 Å². The van der Waals surface area contributed by atoms with Crippen LogP contribution in [-0.4, -0.2) is 45.5 Å². The van der Waals surface area contributed by atoms with Crippen LogP contribution in [0.4, 0.5) is 0 Å². The summed E-state index contributed by atoms with van der Waals surface area (Å²) in [4.78, 5) is 17.9. The van der Waals surface area contributed by atoms with E-state index in [1.165, 1.54) is 6.42 Å². The molecule has 0 amide bonds. The van der Waals surface area contributed by atoms with E-state index in [-0.39, 0.29) is 5.56 Å². The Bertz CT molecular complexity index is 620. The van der Waals surface area contributed by atoms with E-state index in [0.717, 1.165) is 30.9 Å². The maximum atomic E-state index is 11.0. The van der Waals surface area contributed by atoms with E-state index in [1.54, 1.807) is 18.3 Å². The third-order valence-electron chi connectivity index (χ3n) is 3.76. The number of hydrogen-bond donors (Lipinski definition) is 1. The molecule has 1 fully saturated rings. The lowest BCUT2D eigenvalue weighted by Crippen LogP contribution is -2.30. The van der Waals surface area contributed by atoms with Crippen LogP contribution in [0, 0.1) is 0 Å². The molecule has 0 saturated carbocycles. The van der Waals surface area contributed by atoms with Gasteiger partial charge in [0.2, 0.25) is 0 Å². The number of imidazole rings is 1. The molecule has 5 heteroatoms.